The fourth-order valence-electron chi connectivity index (χ4n) is 8.91. The number of ether oxygens (including phenoxy) is 4. The zero-order chi connectivity index (χ0) is 48.9. The number of unbranched alkanes of at least 4 members (excludes halogenated alkanes) is 35. The summed E-state index contributed by atoms with van der Waals surface area (Å²) < 4.78 is 59.4. The first-order chi connectivity index (χ1) is 32.6. The lowest BCUT2D eigenvalue weighted by Gasteiger charge is -2.41. The molecule has 0 bridgehead atoms. The van der Waals surface area contributed by atoms with Crippen LogP contribution in [0.4, 0.5) is 0 Å². The molecule has 67 heavy (non-hydrogen) atoms. The van der Waals surface area contributed by atoms with Crippen molar-refractivity contribution in [3.05, 3.63) is 12.2 Å². The molecule has 1 aliphatic heterocycles. The van der Waals surface area contributed by atoms with Crippen molar-refractivity contribution in [2.45, 2.75) is 301 Å². The summed E-state index contributed by atoms with van der Waals surface area (Å²) in [6.45, 7) is 4.05. The number of rotatable bonds is 50. The molecule has 6 unspecified atom stereocenters. The van der Waals surface area contributed by atoms with E-state index in [0.29, 0.717) is 13.0 Å². The van der Waals surface area contributed by atoms with Crippen LogP contribution in [0.25, 0.3) is 0 Å². The van der Waals surface area contributed by atoms with Gasteiger partial charge in [0, 0.05) is 13.0 Å². The molecule has 1 rings (SSSR count). The number of allylic oxidation sites excluding steroid dienone is 2. The zero-order valence-corrected chi connectivity index (χ0v) is 43.8. The highest BCUT2D eigenvalue weighted by Gasteiger charge is 2.48. The van der Waals surface area contributed by atoms with Crippen molar-refractivity contribution in [1.29, 1.82) is 0 Å². The first-order valence-electron chi connectivity index (χ1n) is 27.9. The monoisotopic (exact) mass is 977 g/mol. The number of hydrogen-bond acceptors (Lipinski definition) is 11. The molecule has 0 aromatic rings. The molecule has 13 heteroatoms. The summed E-state index contributed by atoms with van der Waals surface area (Å²) in [4.78, 5) is 12.9. The maximum Gasteiger partial charge on any atom is 0.397 e. The largest absolute Gasteiger partial charge is 0.457 e. The maximum absolute atomic E-state index is 12.9. The third kappa shape index (κ3) is 39.2. The van der Waals surface area contributed by atoms with E-state index in [2.05, 4.69) is 30.2 Å². The van der Waals surface area contributed by atoms with Crippen LogP contribution in [-0.2, 0) is 38.3 Å². The van der Waals surface area contributed by atoms with Crippen LogP contribution in [0.5, 0.6) is 0 Å². The molecule has 0 aliphatic carbocycles. The van der Waals surface area contributed by atoms with Gasteiger partial charge in [0.1, 0.15) is 30.5 Å². The second kappa shape index (κ2) is 45.9. The van der Waals surface area contributed by atoms with E-state index in [0.717, 1.165) is 38.5 Å². The van der Waals surface area contributed by atoms with Gasteiger partial charge in [-0.05, 0) is 38.5 Å². The van der Waals surface area contributed by atoms with E-state index >= 15 is 0 Å². The Morgan fingerprint density at radius 2 is 0.940 bits per heavy atom. The smallest absolute Gasteiger partial charge is 0.397 e. The molecule has 1 heterocycles. The van der Waals surface area contributed by atoms with Crippen molar-refractivity contribution >= 4 is 16.4 Å². The van der Waals surface area contributed by atoms with Crippen LogP contribution < -0.4 is 0 Å². The molecule has 1 saturated heterocycles. The molecule has 0 amide bonds. The summed E-state index contributed by atoms with van der Waals surface area (Å²) >= 11 is 0. The van der Waals surface area contributed by atoms with Crippen LogP contribution in [-0.4, -0.2) is 97.5 Å². The van der Waals surface area contributed by atoms with Gasteiger partial charge in [0.15, 0.2) is 6.29 Å². The summed E-state index contributed by atoms with van der Waals surface area (Å²) in [6, 6.07) is 0. The van der Waals surface area contributed by atoms with Gasteiger partial charge in [0.25, 0.3) is 0 Å². The van der Waals surface area contributed by atoms with Gasteiger partial charge >= 0.3 is 16.4 Å². The molecular weight excluding hydrogens is 873 g/mol. The van der Waals surface area contributed by atoms with E-state index in [4.69, 9.17) is 18.9 Å². The molecule has 6 atom stereocenters. The van der Waals surface area contributed by atoms with Gasteiger partial charge in [0.2, 0.25) is 0 Å². The minimum absolute atomic E-state index is 0.0425. The summed E-state index contributed by atoms with van der Waals surface area (Å²) in [7, 11) is -5.06. The van der Waals surface area contributed by atoms with Crippen LogP contribution in [0.1, 0.15) is 264 Å². The van der Waals surface area contributed by atoms with Gasteiger partial charge in [0.05, 0.1) is 19.8 Å². The summed E-state index contributed by atoms with van der Waals surface area (Å²) in [5.41, 5.74) is 0. The molecule has 4 N–H and O–H groups in total. The quantitative estimate of drug-likeness (QED) is 0.0197. The Labute approximate surface area is 410 Å². The van der Waals surface area contributed by atoms with Crippen LogP contribution >= 0.6 is 0 Å². The number of hydrogen-bond donors (Lipinski definition) is 4. The summed E-state index contributed by atoms with van der Waals surface area (Å²) in [6.07, 6.45) is 43.9. The normalized spacial score (nSPS) is 19.4. The Hall–Kier alpha value is -1.16. The molecule has 0 saturated carbocycles. The number of aliphatic hydroxyl groups excluding tert-OH is 3. The lowest BCUT2D eigenvalue weighted by Crippen LogP contribution is -2.60. The Balaban J connectivity index is 2.30. The Morgan fingerprint density at radius 1 is 0.552 bits per heavy atom. The lowest BCUT2D eigenvalue weighted by molar-refractivity contribution is -0.301. The number of esters is 1. The Kier molecular flexibility index (Phi) is 43.8. The average molecular weight is 977 g/mol. The third-order valence-corrected chi connectivity index (χ3v) is 13.6. The molecular formula is C54H104O12S. The summed E-state index contributed by atoms with van der Waals surface area (Å²) in [5, 5.41) is 30.8. The van der Waals surface area contributed by atoms with Crippen molar-refractivity contribution in [3.8, 4) is 0 Å². The van der Waals surface area contributed by atoms with Crippen molar-refractivity contribution in [3.63, 3.8) is 0 Å². The molecule has 0 aromatic heterocycles. The fourth-order valence-corrected chi connectivity index (χ4v) is 9.41. The van der Waals surface area contributed by atoms with Crippen molar-refractivity contribution in [2.75, 3.05) is 26.4 Å². The van der Waals surface area contributed by atoms with Crippen LogP contribution in [0.2, 0.25) is 0 Å². The second-order valence-corrected chi connectivity index (χ2v) is 20.6. The highest BCUT2D eigenvalue weighted by Crippen LogP contribution is 2.26. The molecule has 0 spiro atoms. The highest BCUT2D eigenvalue weighted by molar-refractivity contribution is 7.80. The van der Waals surface area contributed by atoms with E-state index in [-0.39, 0.29) is 19.6 Å². The highest BCUT2D eigenvalue weighted by atomic mass is 32.3. The first kappa shape index (κ1) is 63.9. The van der Waals surface area contributed by atoms with Crippen molar-refractivity contribution in [2.24, 2.45) is 0 Å². The number of aliphatic hydroxyl groups is 3. The SMILES string of the molecule is CCCCCCCCCC/C=C\CCCCCCCCCCCCCC(=O)OC(COCCCCCCCCCCCCCCCCCCC)COC1OC(CO)C(O)C(OS(=O)(=O)O)C1O. The molecule has 1 aliphatic rings. The zero-order valence-electron chi connectivity index (χ0n) is 43.0. The van der Waals surface area contributed by atoms with Gasteiger partial charge in [-0.3, -0.25) is 9.35 Å². The Morgan fingerprint density at radius 3 is 1.34 bits per heavy atom. The van der Waals surface area contributed by atoms with Crippen LogP contribution in [0.15, 0.2) is 12.2 Å². The first-order valence-corrected chi connectivity index (χ1v) is 29.3. The van der Waals surface area contributed by atoms with E-state index < -0.39 is 59.8 Å². The number of carbonyl (C=O) groups excluding carboxylic acids is 1. The Bertz CT molecular complexity index is 1220. The maximum atomic E-state index is 12.9. The van der Waals surface area contributed by atoms with Crippen molar-refractivity contribution < 1.29 is 56.2 Å². The molecule has 0 aromatic carbocycles. The predicted molar refractivity (Wildman–Crippen MR) is 271 cm³/mol. The lowest BCUT2D eigenvalue weighted by atomic mass is 9.99. The van der Waals surface area contributed by atoms with Crippen LogP contribution in [0.3, 0.4) is 0 Å². The fraction of sp³-hybridized carbons (Fsp3) is 0.944. The molecule has 0 radical (unpaired) electrons. The minimum atomic E-state index is -5.06. The molecule has 12 nitrogen and oxygen atoms in total. The predicted octanol–water partition coefficient (Wildman–Crippen LogP) is 13.4. The second-order valence-electron chi connectivity index (χ2n) is 19.5. The van der Waals surface area contributed by atoms with Gasteiger partial charge in [-0.25, -0.2) is 4.18 Å². The van der Waals surface area contributed by atoms with E-state index in [1.54, 1.807) is 0 Å². The average Bonchev–Trinajstić information content (AvgIpc) is 3.30. The van der Waals surface area contributed by atoms with Crippen LogP contribution in [0, 0.1) is 0 Å². The van der Waals surface area contributed by atoms with E-state index in [1.807, 2.05) is 0 Å². The van der Waals surface area contributed by atoms with Gasteiger partial charge < -0.3 is 34.3 Å². The number of carbonyl (C=O) groups is 1. The van der Waals surface area contributed by atoms with Crippen molar-refractivity contribution in [1.82, 2.24) is 0 Å². The van der Waals surface area contributed by atoms with E-state index in [9.17, 15) is 33.1 Å². The third-order valence-electron chi connectivity index (χ3n) is 13.1. The molecule has 398 valence electrons. The topological polar surface area (TPSA) is 178 Å². The molecule has 1 fully saturated rings. The summed E-state index contributed by atoms with van der Waals surface area (Å²) in [5.74, 6) is -0.393. The van der Waals surface area contributed by atoms with Gasteiger partial charge in [-0.1, -0.05) is 231 Å². The van der Waals surface area contributed by atoms with E-state index in [1.165, 1.54) is 199 Å². The van der Waals surface area contributed by atoms with Gasteiger partial charge in [-0.15, -0.1) is 0 Å². The minimum Gasteiger partial charge on any atom is -0.457 e. The standard InChI is InChI=1S/C54H104O12S/c1-3-5-7-9-11-13-15-17-19-21-22-23-24-25-26-27-29-31-33-35-37-39-41-43-50(56)64-48(47-63-54-52(58)53(66-67(59,60)61)51(57)49(45-55)65-54)46-62-44-42-40-38-36-34-32-30-28-20-18-16-14-12-10-8-6-4-2/h21-22,48-49,51-55,57-58H,3-20,23-47H2,1-2H3,(H,59,60,61)/b22-21-. The van der Waals surface area contributed by atoms with Gasteiger partial charge in [-0.2, -0.15) is 8.42 Å².